The largest absolute Gasteiger partial charge is 0.294 e. The lowest BCUT2D eigenvalue weighted by molar-refractivity contribution is 0.0942. The molecule has 1 nitrogen and oxygen atoms in total. The van der Waals surface area contributed by atoms with Crippen LogP contribution in [0.2, 0.25) is 0 Å². The van der Waals surface area contributed by atoms with Crippen LogP contribution in [-0.4, -0.2) is 5.78 Å². The van der Waals surface area contributed by atoms with E-state index in [2.05, 4.69) is 6.92 Å². The normalized spacial score (nSPS) is 25.3. The Morgan fingerprint density at radius 2 is 2.00 bits per heavy atom. The van der Waals surface area contributed by atoms with E-state index in [1.807, 2.05) is 30.3 Å². The molecule has 0 aliphatic heterocycles. The van der Waals surface area contributed by atoms with Crippen molar-refractivity contribution in [1.82, 2.24) is 0 Å². The summed E-state index contributed by atoms with van der Waals surface area (Å²) in [7, 11) is 0. The third kappa shape index (κ3) is 2.94. The number of carbonyl (C=O) groups is 1. The Hall–Kier alpha value is -1.11. The van der Waals surface area contributed by atoms with Crippen molar-refractivity contribution in [2.24, 2.45) is 11.8 Å². The number of hydrogen-bond acceptors (Lipinski definition) is 1. The molecule has 16 heavy (non-hydrogen) atoms. The van der Waals surface area contributed by atoms with Crippen LogP contribution in [0, 0.1) is 11.8 Å². The molecule has 86 valence electrons. The minimum atomic E-state index is 0.319. The molecule has 1 aromatic rings. The molecule has 2 unspecified atom stereocenters. The summed E-state index contributed by atoms with van der Waals surface area (Å²) in [6.07, 6.45) is 5.86. The molecule has 2 atom stereocenters. The van der Waals surface area contributed by atoms with Gasteiger partial charge in [0.1, 0.15) is 0 Å². The van der Waals surface area contributed by atoms with E-state index in [1.165, 1.54) is 25.7 Å². The molecule has 0 aromatic heterocycles. The van der Waals surface area contributed by atoms with Crippen molar-refractivity contribution in [3.63, 3.8) is 0 Å². The molecule has 1 aliphatic rings. The fourth-order valence-corrected chi connectivity index (χ4v) is 2.75. The van der Waals surface area contributed by atoms with Crippen molar-refractivity contribution in [3.05, 3.63) is 35.9 Å². The Balaban J connectivity index is 1.92. The van der Waals surface area contributed by atoms with Crippen molar-refractivity contribution < 1.29 is 4.79 Å². The van der Waals surface area contributed by atoms with Gasteiger partial charge in [0.15, 0.2) is 5.78 Å². The zero-order valence-electron chi connectivity index (χ0n) is 9.99. The topological polar surface area (TPSA) is 17.1 Å². The van der Waals surface area contributed by atoms with E-state index in [9.17, 15) is 4.79 Å². The first kappa shape index (κ1) is 11.4. The van der Waals surface area contributed by atoms with Crippen LogP contribution in [0.4, 0.5) is 0 Å². The molecule has 1 aromatic carbocycles. The van der Waals surface area contributed by atoms with Crippen LogP contribution in [0.3, 0.4) is 0 Å². The lowest BCUT2D eigenvalue weighted by atomic mass is 9.79. The van der Waals surface area contributed by atoms with E-state index in [1.54, 1.807) is 0 Å². The van der Waals surface area contributed by atoms with E-state index in [-0.39, 0.29) is 0 Å². The minimum Gasteiger partial charge on any atom is -0.294 e. The zero-order valence-corrected chi connectivity index (χ0v) is 9.99. The van der Waals surface area contributed by atoms with Gasteiger partial charge >= 0.3 is 0 Å². The summed E-state index contributed by atoms with van der Waals surface area (Å²) < 4.78 is 0. The highest BCUT2D eigenvalue weighted by atomic mass is 16.1. The molecule has 1 heteroatoms. The molecule has 0 N–H and O–H groups in total. The van der Waals surface area contributed by atoms with Gasteiger partial charge in [-0.3, -0.25) is 4.79 Å². The molecule has 0 heterocycles. The van der Waals surface area contributed by atoms with Gasteiger partial charge in [-0.25, -0.2) is 0 Å². The predicted octanol–water partition coefficient (Wildman–Crippen LogP) is 4.09. The molecule has 2 rings (SSSR count). The molecule has 0 amide bonds. The van der Waals surface area contributed by atoms with E-state index in [0.717, 1.165) is 17.9 Å². The van der Waals surface area contributed by atoms with Crippen molar-refractivity contribution >= 4 is 5.78 Å². The van der Waals surface area contributed by atoms with E-state index in [0.29, 0.717) is 11.7 Å². The number of hydrogen-bond donors (Lipinski definition) is 0. The molecule has 1 aliphatic carbocycles. The first-order chi connectivity index (χ1) is 7.75. The van der Waals surface area contributed by atoms with Gasteiger partial charge in [0.05, 0.1) is 0 Å². The lowest BCUT2D eigenvalue weighted by Gasteiger charge is -2.26. The molecular weight excluding hydrogens is 196 g/mol. The van der Waals surface area contributed by atoms with Crippen LogP contribution in [0.5, 0.6) is 0 Å². The fraction of sp³-hybridized carbons (Fsp3) is 0.533. The van der Waals surface area contributed by atoms with Crippen molar-refractivity contribution in [1.29, 1.82) is 0 Å². The van der Waals surface area contributed by atoms with Gasteiger partial charge in [0.2, 0.25) is 0 Å². The number of ketones is 1. The van der Waals surface area contributed by atoms with Gasteiger partial charge in [-0.1, -0.05) is 50.1 Å². The highest BCUT2D eigenvalue weighted by molar-refractivity contribution is 5.96. The molecule has 0 saturated heterocycles. The maximum absolute atomic E-state index is 12.0. The minimum absolute atomic E-state index is 0.319. The van der Waals surface area contributed by atoms with Crippen LogP contribution in [0.25, 0.3) is 0 Å². The highest BCUT2D eigenvalue weighted by Crippen LogP contribution is 2.31. The summed E-state index contributed by atoms with van der Waals surface area (Å²) in [6.45, 7) is 2.30. The second-order valence-corrected chi connectivity index (χ2v) is 5.13. The highest BCUT2D eigenvalue weighted by Gasteiger charge is 2.21. The Morgan fingerprint density at radius 1 is 1.25 bits per heavy atom. The van der Waals surface area contributed by atoms with Crippen molar-refractivity contribution in [2.75, 3.05) is 0 Å². The molecular formula is C15H20O. The summed E-state index contributed by atoms with van der Waals surface area (Å²) in [5, 5.41) is 0. The quantitative estimate of drug-likeness (QED) is 0.696. The average molecular weight is 216 g/mol. The third-order valence-electron chi connectivity index (χ3n) is 3.61. The maximum Gasteiger partial charge on any atom is 0.163 e. The molecule has 0 bridgehead atoms. The number of carbonyl (C=O) groups excluding carboxylic acids is 1. The predicted molar refractivity (Wildman–Crippen MR) is 66.5 cm³/mol. The van der Waals surface area contributed by atoms with Gasteiger partial charge in [-0.15, -0.1) is 0 Å². The Bertz CT molecular complexity index is 342. The summed E-state index contributed by atoms with van der Waals surface area (Å²) >= 11 is 0. The summed E-state index contributed by atoms with van der Waals surface area (Å²) in [6, 6.07) is 9.69. The first-order valence-corrected chi connectivity index (χ1v) is 6.34. The average Bonchev–Trinajstić information content (AvgIpc) is 2.30. The van der Waals surface area contributed by atoms with Gasteiger partial charge < -0.3 is 0 Å². The van der Waals surface area contributed by atoms with Crippen molar-refractivity contribution in [3.8, 4) is 0 Å². The second-order valence-electron chi connectivity index (χ2n) is 5.13. The van der Waals surface area contributed by atoms with Gasteiger partial charge in [-0.2, -0.15) is 0 Å². The van der Waals surface area contributed by atoms with Gasteiger partial charge in [-0.05, 0) is 24.7 Å². The zero-order chi connectivity index (χ0) is 11.4. The lowest BCUT2D eigenvalue weighted by Crippen LogP contribution is -2.16. The molecule has 1 saturated carbocycles. The number of Topliss-reactive ketones (excluding diaryl/α,β-unsaturated/α-hetero) is 1. The van der Waals surface area contributed by atoms with E-state index in [4.69, 9.17) is 0 Å². The van der Waals surface area contributed by atoms with Crippen molar-refractivity contribution in [2.45, 2.75) is 39.0 Å². The monoisotopic (exact) mass is 216 g/mol. The summed E-state index contributed by atoms with van der Waals surface area (Å²) in [5.41, 5.74) is 0.876. The van der Waals surface area contributed by atoms with E-state index < -0.39 is 0 Å². The first-order valence-electron chi connectivity index (χ1n) is 6.34. The van der Waals surface area contributed by atoms with Gasteiger partial charge in [0, 0.05) is 12.0 Å². The molecule has 0 radical (unpaired) electrons. The number of benzene rings is 1. The fourth-order valence-electron chi connectivity index (χ4n) is 2.75. The van der Waals surface area contributed by atoms with Crippen LogP contribution in [-0.2, 0) is 0 Å². The standard InChI is InChI=1S/C15H20O/c1-12-6-5-7-13(10-12)11-15(16)14-8-3-2-4-9-14/h2-4,8-9,12-13H,5-7,10-11H2,1H3. The second kappa shape index (κ2) is 5.29. The Labute approximate surface area is 97.9 Å². The number of rotatable bonds is 3. The third-order valence-corrected chi connectivity index (χ3v) is 3.61. The molecule has 0 spiro atoms. The smallest absolute Gasteiger partial charge is 0.163 e. The Kier molecular flexibility index (Phi) is 3.76. The Morgan fingerprint density at radius 3 is 2.69 bits per heavy atom. The maximum atomic E-state index is 12.0. The van der Waals surface area contributed by atoms with E-state index >= 15 is 0 Å². The van der Waals surface area contributed by atoms with Gasteiger partial charge in [0.25, 0.3) is 0 Å². The molecule has 1 fully saturated rings. The SMILES string of the molecule is CC1CCCC(CC(=O)c2ccccc2)C1. The van der Waals surface area contributed by atoms with Crippen LogP contribution in [0.15, 0.2) is 30.3 Å². The summed E-state index contributed by atoms with van der Waals surface area (Å²) in [4.78, 5) is 12.0. The summed E-state index contributed by atoms with van der Waals surface area (Å²) in [5.74, 6) is 1.75. The van der Waals surface area contributed by atoms with Crippen LogP contribution < -0.4 is 0 Å². The van der Waals surface area contributed by atoms with Crippen LogP contribution in [0.1, 0.15) is 49.4 Å². The van der Waals surface area contributed by atoms with Crippen LogP contribution >= 0.6 is 0 Å².